The predicted octanol–water partition coefficient (Wildman–Crippen LogP) is 4.54. The molecular formula is C30H34FN7O2. The first-order valence-corrected chi connectivity index (χ1v) is 13.8. The molecule has 1 saturated carbocycles. The SMILES string of the molecule is CN1CCN(c2ccc(Nc3nc(NC4(CO)CCCC4)c4c(C(=O)c5ccc(F)cc5)c[nH]c4n3)cc2)CC1. The minimum absolute atomic E-state index is 0.0410. The summed E-state index contributed by atoms with van der Waals surface area (Å²) in [5.41, 5.74) is 2.75. The number of nitrogens with one attached hydrogen (secondary N) is 3. The topological polar surface area (TPSA) is 109 Å². The van der Waals surface area contributed by atoms with Crippen molar-refractivity contribution in [2.45, 2.75) is 31.2 Å². The molecule has 6 rings (SSSR count). The van der Waals surface area contributed by atoms with Gasteiger partial charge in [-0.15, -0.1) is 0 Å². The Hall–Kier alpha value is -4.02. The largest absolute Gasteiger partial charge is 0.394 e. The minimum atomic E-state index is -0.518. The molecule has 4 N–H and O–H groups in total. The van der Waals surface area contributed by atoms with Crippen molar-refractivity contribution in [3.8, 4) is 0 Å². The number of fused-ring (bicyclic) bond motifs is 1. The van der Waals surface area contributed by atoms with Crippen LogP contribution < -0.4 is 15.5 Å². The molecule has 1 aliphatic heterocycles. The highest BCUT2D eigenvalue weighted by Gasteiger charge is 2.35. The molecule has 0 unspecified atom stereocenters. The van der Waals surface area contributed by atoms with Crippen molar-refractivity contribution in [2.24, 2.45) is 0 Å². The van der Waals surface area contributed by atoms with E-state index in [0.29, 0.717) is 33.9 Å². The molecule has 2 aromatic carbocycles. The van der Waals surface area contributed by atoms with Crippen LogP contribution in [0.25, 0.3) is 11.0 Å². The molecule has 208 valence electrons. The molecule has 3 heterocycles. The molecular weight excluding hydrogens is 509 g/mol. The van der Waals surface area contributed by atoms with Crippen LogP contribution in [0.5, 0.6) is 0 Å². The van der Waals surface area contributed by atoms with E-state index in [1.807, 2.05) is 12.1 Å². The van der Waals surface area contributed by atoms with Crippen LogP contribution in [0.15, 0.2) is 54.7 Å². The molecule has 1 aliphatic carbocycles. The molecule has 0 amide bonds. The minimum Gasteiger partial charge on any atom is -0.394 e. The van der Waals surface area contributed by atoms with Crippen LogP contribution in [-0.4, -0.2) is 76.1 Å². The number of anilines is 4. The van der Waals surface area contributed by atoms with Crippen LogP contribution in [0.4, 0.5) is 27.5 Å². The van der Waals surface area contributed by atoms with Crippen LogP contribution in [0.3, 0.4) is 0 Å². The van der Waals surface area contributed by atoms with Gasteiger partial charge in [0.15, 0.2) is 5.78 Å². The number of ketones is 1. The van der Waals surface area contributed by atoms with E-state index in [2.05, 4.69) is 49.6 Å². The number of carbonyl (C=O) groups excluding carboxylic acids is 1. The number of aliphatic hydroxyl groups excluding tert-OH is 1. The Kier molecular flexibility index (Phi) is 7.12. The predicted molar refractivity (Wildman–Crippen MR) is 155 cm³/mol. The van der Waals surface area contributed by atoms with Gasteiger partial charge in [-0.3, -0.25) is 4.79 Å². The maximum atomic E-state index is 13.5. The third kappa shape index (κ3) is 5.24. The first-order chi connectivity index (χ1) is 19.4. The van der Waals surface area contributed by atoms with Crippen molar-refractivity contribution in [2.75, 3.05) is 55.4 Å². The lowest BCUT2D eigenvalue weighted by Gasteiger charge is -2.34. The number of rotatable bonds is 8. The second-order valence-corrected chi connectivity index (χ2v) is 10.9. The zero-order valence-electron chi connectivity index (χ0n) is 22.6. The summed E-state index contributed by atoms with van der Waals surface area (Å²) in [5.74, 6) is 0.183. The van der Waals surface area contributed by atoms with Gasteiger partial charge in [-0.25, -0.2) is 4.39 Å². The number of piperazine rings is 1. The van der Waals surface area contributed by atoms with Crippen molar-refractivity contribution in [3.63, 3.8) is 0 Å². The fourth-order valence-corrected chi connectivity index (χ4v) is 5.69. The smallest absolute Gasteiger partial charge is 0.231 e. The standard InChI is InChI=1S/C30H34FN7O2/c1-37-14-16-38(17-15-37)23-10-8-22(9-11-23)33-29-34-27-25(28(35-29)36-30(19-39)12-2-3-13-30)24(18-32-27)26(40)20-4-6-21(31)7-5-20/h4-11,18,39H,2-3,12-17,19H2,1H3,(H3,32,33,34,35,36). The van der Waals surface area contributed by atoms with Gasteiger partial charge in [-0.2, -0.15) is 9.97 Å². The fourth-order valence-electron chi connectivity index (χ4n) is 5.69. The van der Waals surface area contributed by atoms with Gasteiger partial charge in [-0.1, -0.05) is 12.8 Å². The average Bonchev–Trinajstić information content (AvgIpc) is 3.62. The number of halogens is 1. The summed E-state index contributed by atoms with van der Waals surface area (Å²) < 4.78 is 13.5. The maximum Gasteiger partial charge on any atom is 0.231 e. The monoisotopic (exact) mass is 543 g/mol. The van der Waals surface area contributed by atoms with Gasteiger partial charge in [-0.05, 0) is 68.4 Å². The molecule has 40 heavy (non-hydrogen) atoms. The molecule has 0 spiro atoms. The van der Waals surface area contributed by atoms with Crippen LogP contribution in [0.1, 0.15) is 41.6 Å². The third-order valence-corrected chi connectivity index (χ3v) is 8.12. The Morgan fingerprint density at radius 3 is 2.40 bits per heavy atom. The van der Waals surface area contributed by atoms with Gasteiger partial charge in [0.1, 0.15) is 17.3 Å². The van der Waals surface area contributed by atoms with E-state index in [1.54, 1.807) is 6.20 Å². The van der Waals surface area contributed by atoms with Crippen LogP contribution >= 0.6 is 0 Å². The Labute approximate surface area is 232 Å². The number of aliphatic hydroxyl groups is 1. The summed E-state index contributed by atoms with van der Waals surface area (Å²) in [6.45, 7) is 4.04. The van der Waals surface area contributed by atoms with E-state index in [4.69, 9.17) is 4.98 Å². The Balaban J connectivity index is 1.33. The quantitative estimate of drug-likeness (QED) is 0.240. The van der Waals surface area contributed by atoms with E-state index < -0.39 is 11.4 Å². The summed E-state index contributed by atoms with van der Waals surface area (Å²) in [6.07, 6.45) is 5.22. The normalized spacial score (nSPS) is 17.3. The molecule has 0 radical (unpaired) electrons. The lowest BCUT2D eigenvalue weighted by Crippen LogP contribution is -2.44. The van der Waals surface area contributed by atoms with Crippen LogP contribution in [0, 0.1) is 5.82 Å². The van der Waals surface area contributed by atoms with Crippen molar-refractivity contribution in [1.82, 2.24) is 19.9 Å². The van der Waals surface area contributed by atoms with Gasteiger partial charge >= 0.3 is 0 Å². The molecule has 2 aromatic heterocycles. The van der Waals surface area contributed by atoms with Gasteiger partial charge in [0, 0.05) is 49.3 Å². The number of H-pyrrole nitrogens is 1. The number of aromatic amines is 1. The van der Waals surface area contributed by atoms with Crippen molar-refractivity contribution < 1.29 is 14.3 Å². The molecule has 2 fully saturated rings. The highest BCUT2D eigenvalue weighted by atomic mass is 19.1. The first-order valence-electron chi connectivity index (χ1n) is 13.8. The summed E-state index contributed by atoms with van der Waals surface area (Å²) in [5, 5.41) is 17.6. The van der Waals surface area contributed by atoms with Crippen LogP contribution in [-0.2, 0) is 0 Å². The van der Waals surface area contributed by atoms with Crippen molar-refractivity contribution >= 4 is 40.0 Å². The Morgan fingerprint density at radius 2 is 1.73 bits per heavy atom. The maximum absolute atomic E-state index is 13.5. The second kappa shape index (κ2) is 10.9. The number of hydrogen-bond acceptors (Lipinski definition) is 8. The highest BCUT2D eigenvalue weighted by Crippen LogP contribution is 2.36. The Bertz CT molecular complexity index is 1490. The molecule has 10 heteroatoms. The van der Waals surface area contributed by atoms with Crippen molar-refractivity contribution in [3.05, 3.63) is 71.7 Å². The number of aromatic nitrogens is 3. The van der Waals surface area contributed by atoms with E-state index in [0.717, 1.165) is 57.5 Å². The average molecular weight is 544 g/mol. The molecule has 0 atom stereocenters. The highest BCUT2D eigenvalue weighted by molar-refractivity contribution is 6.18. The Morgan fingerprint density at radius 1 is 1.02 bits per heavy atom. The summed E-state index contributed by atoms with van der Waals surface area (Å²) >= 11 is 0. The lowest BCUT2D eigenvalue weighted by molar-refractivity contribution is 0.104. The zero-order valence-corrected chi connectivity index (χ0v) is 22.6. The van der Waals surface area contributed by atoms with Gasteiger partial charge in [0.05, 0.1) is 23.1 Å². The van der Waals surface area contributed by atoms with Crippen LogP contribution in [0.2, 0.25) is 0 Å². The molecule has 4 aromatic rings. The molecule has 2 aliphatic rings. The van der Waals surface area contributed by atoms with E-state index >= 15 is 0 Å². The third-order valence-electron chi connectivity index (χ3n) is 8.12. The van der Waals surface area contributed by atoms with Gasteiger partial charge in [0.25, 0.3) is 0 Å². The summed E-state index contributed by atoms with van der Waals surface area (Å²) in [7, 11) is 2.14. The van der Waals surface area contributed by atoms with Gasteiger partial charge < -0.3 is 30.5 Å². The summed E-state index contributed by atoms with van der Waals surface area (Å²) in [4.78, 5) is 30.7. The number of likely N-dealkylation sites (N-methyl/N-ethyl adjacent to an activating group) is 1. The van der Waals surface area contributed by atoms with E-state index in [1.165, 1.54) is 30.0 Å². The number of benzene rings is 2. The number of carbonyl (C=O) groups is 1. The van der Waals surface area contributed by atoms with E-state index in [-0.39, 0.29) is 12.4 Å². The van der Waals surface area contributed by atoms with E-state index in [9.17, 15) is 14.3 Å². The number of hydrogen-bond donors (Lipinski definition) is 4. The fraction of sp³-hybridized carbons (Fsp3) is 0.367. The molecule has 0 bridgehead atoms. The molecule has 9 nitrogen and oxygen atoms in total. The second-order valence-electron chi connectivity index (χ2n) is 10.9. The number of nitrogens with zero attached hydrogens (tertiary/aromatic N) is 4. The van der Waals surface area contributed by atoms with Gasteiger partial charge in [0.2, 0.25) is 5.95 Å². The lowest BCUT2D eigenvalue weighted by atomic mass is 9.98. The zero-order chi connectivity index (χ0) is 27.7. The first kappa shape index (κ1) is 26.2. The molecule has 1 saturated heterocycles. The summed E-state index contributed by atoms with van der Waals surface area (Å²) in [6, 6.07) is 13.7. The van der Waals surface area contributed by atoms with Crippen molar-refractivity contribution in [1.29, 1.82) is 0 Å².